The average molecular weight is 407 g/mol. The zero-order valence-corrected chi connectivity index (χ0v) is 18.3. The fourth-order valence-electron chi connectivity index (χ4n) is 3.94. The lowest BCUT2D eigenvalue weighted by atomic mass is 10.1. The summed E-state index contributed by atoms with van der Waals surface area (Å²) in [6.07, 6.45) is -2.01. The molecule has 0 aromatic heterocycles. The number of rotatable bonds is 7. The molecule has 152 valence electrons. The Morgan fingerprint density at radius 2 is 1.14 bits per heavy atom. The van der Waals surface area contributed by atoms with Crippen LogP contribution in [0.15, 0.2) is 91.0 Å². The Balaban J connectivity index is 1.98. The third kappa shape index (κ3) is 4.51. The van der Waals surface area contributed by atoms with Crippen LogP contribution in [-0.4, -0.2) is 31.2 Å². The molecule has 0 heterocycles. The van der Waals surface area contributed by atoms with Gasteiger partial charge in [-0.25, -0.2) is 0 Å². The first-order chi connectivity index (χ1) is 13.9. The summed E-state index contributed by atoms with van der Waals surface area (Å²) in [4.78, 5) is 0. The van der Waals surface area contributed by atoms with E-state index in [0.29, 0.717) is 5.56 Å². The van der Waals surface area contributed by atoms with Crippen LogP contribution in [0.2, 0.25) is 5.04 Å². The highest BCUT2D eigenvalue weighted by Gasteiger charge is 2.50. The van der Waals surface area contributed by atoms with Crippen LogP contribution < -0.4 is 10.4 Å². The summed E-state index contributed by atoms with van der Waals surface area (Å²) in [7, 11) is -2.73. The Bertz CT molecular complexity index is 837. The summed E-state index contributed by atoms with van der Waals surface area (Å²) in [5, 5.41) is 23.5. The molecule has 0 aliphatic rings. The monoisotopic (exact) mass is 406 g/mol. The lowest BCUT2D eigenvalue weighted by Gasteiger charge is -2.43. The predicted octanol–water partition coefficient (Wildman–Crippen LogP) is 3.66. The SMILES string of the molecule is CC(C)(C)[Si](OC[C@H](O)[C@H](O)c1ccccc1)(c1ccccc1)c1ccccc1. The van der Waals surface area contributed by atoms with Gasteiger partial charge in [-0.15, -0.1) is 0 Å². The van der Waals surface area contributed by atoms with Crippen LogP contribution in [0, 0.1) is 0 Å². The van der Waals surface area contributed by atoms with Crippen molar-refractivity contribution in [1.82, 2.24) is 0 Å². The van der Waals surface area contributed by atoms with Crippen LogP contribution in [0.4, 0.5) is 0 Å². The maximum Gasteiger partial charge on any atom is 0.261 e. The van der Waals surface area contributed by atoms with E-state index in [1.807, 2.05) is 66.7 Å². The van der Waals surface area contributed by atoms with E-state index in [4.69, 9.17) is 4.43 Å². The number of aliphatic hydroxyl groups excluding tert-OH is 2. The minimum absolute atomic E-state index is 0.0589. The first-order valence-electron chi connectivity index (χ1n) is 10.0. The molecular formula is C25H30O3Si. The minimum atomic E-state index is -2.73. The molecule has 0 fully saturated rings. The molecule has 0 aliphatic carbocycles. The van der Waals surface area contributed by atoms with E-state index >= 15 is 0 Å². The summed E-state index contributed by atoms with van der Waals surface area (Å²) >= 11 is 0. The summed E-state index contributed by atoms with van der Waals surface area (Å²) in [5.41, 5.74) is 0.686. The van der Waals surface area contributed by atoms with E-state index < -0.39 is 20.5 Å². The number of aliphatic hydroxyl groups is 2. The van der Waals surface area contributed by atoms with Gasteiger partial charge in [-0.05, 0) is 21.0 Å². The molecule has 0 bridgehead atoms. The Morgan fingerprint density at radius 3 is 1.55 bits per heavy atom. The molecule has 2 atom stereocenters. The fraction of sp³-hybridized carbons (Fsp3) is 0.280. The number of hydrogen-bond donors (Lipinski definition) is 2. The molecule has 3 nitrogen and oxygen atoms in total. The molecule has 4 heteroatoms. The molecule has 0 saturated carbocycles. The van der Waals surface area contributed by atoms with Crippen molar-refractivity contribution in [3.63, 3.8) is 0 Å². The van der Waals surface area contributed by atoms with Gasteiger partial charge in [0.2, 0.25) is 0 Å². The van der Waals surface area contributed by atoms with Gasteiger partial charge < -0.3 is 14.6 Å². The Kier molecular flexibility index (Phi) is 6.70. The number of benzene rings is 3. The second-order valence-electron chi connectivity index (χ2n) is 8.40. The number of hydrogen-bond acceptors (Lipinski definition) is 3. The van der Waals surface area contributed by atoms with Crippen molar-refractivity contribution in [2.45, 2.75) is 38.0 Å². The highest BCUT2D eigenvalue weighted by Crippen LogP contribution is 2.37. The van der Waals surface area contributed by atoms with Crippen molar-refractivity contribution in [2.24, 2.45) is 0 Å². The zero-order chi connectivity index (χ0) is 20.9. The first-order valence-corrected chi connectivity index (χ1v) is 11.9. The van der Waals surface area contributed by atoms with E-state index in [2.05, 4.69) is 45.0 Å². The molecular weight excluding hydrogens is 376 g/mol. The van der Waals surface area contributed by atoms with Crippen LogP contribution >= 0.6 is 0 Å². The van der Waals surface area contributed by atoms with Crippen LogP contribution in [0.25, 0.3) is 0 Å². The van der Waals surface area contributed by atoms with Gasteiger partial charge in [-0.1, -0.05) is 112 Å². The van der Waals surface area contributed by atoms with Crippen molar-refractivity contribution in [3.8, 4) is 0 Å². The lowest BCUT2D eigenvalue weighted by Crippen LogP contribution is -2.67. The fourth-order valence-corrected chi connectivity index (χ4v) is 8.51. The first kappa shape index (κ1) is 21.5. The average Bonchev–Trinajstić information content (AvgIpc) is 2.74. The highest BCUT2D eigenvalue weighted by molar-refractivity contribution is 6.99. The van der Waals surface area contributed by atoms with Gasteiger partial charge in [0, 0.05) is 0 Å². The zero-order valence-electron chi connectivity index (χ0n) is 17.3. The van der Waals surface area contributed by atoms with Gasteiger partial charge in [0.1, 0.15) is 12.2 Å². The van der Waals surface area contributed by atoms with Crippen molar-refractivity contribution >= 4 is 18.7 Å². The van der Waals surface area contributed by atoms with Crippen LogP contribution in [0.5, 0.6) is 0 Å². The maximum absolute atomic E-state index is 10.7. The van der Waals surface area contributed by atoms with Gasteiger partial charge >= 0.3 is 0 Å². The Labute approximate surface area is 174 Å². The maximum atomic E-state index is 10.7. The minimum Gasteiger partial charge on any atom is -0.405 e. The third-order valence-electron chi connectivity index (χ3n) is 5.39. The van der Waals surface area contributed by atoms with Crippen molar-refractivity contribution in [1.29, 1.82) is 0 Å². The molecule has 0 saturated heterocycles. The summed E-state index contributed by atoms with van der Waals surface area (Å²) in [6.45, 7) is 6.64. The van der Waals surface area contributed by atoms with E-state index in [9.17, 15) is 10.2 Å². The van der Waals surface area contributed by atoms with Crippen LogP contribution in [-0.2, 0) is 4.43 Å². The van der Waals surface area contributed by atoms with E-state index in [-0.39, 0.29) is 11.6 Å². The third-order valence-corrected chi connectivity index (χ3v) is 10.4. The topological polar surface area (TPSA) is 49.7 Å². The second-order valence-corrected chi connectivity index (χ2v) is 12.7. The Morgan fingerprint density at radius 1 is 0.724 bits per heavy atom. The summed E-state index contributed by atoms with van der Waals surface area (Å²) in [6, 6.07) is 29.8. The molecule has 3 aromatic rings. The molecule has 29 heavy (non-hydrogen) atoms. The van der Waals surface area contributed by atoms with Crippen LogP contribution in [0.1, 0.15) is 32.4 Å². The van der Waals surface area contributed by atoms with Gasteiger partial charge in [0.05, 0.1) is 6.61 Å². The second kappa shape index (κ2) is 9.05. The molecule has 0 spiro atoms. The van der Waals surface area contributed by atoms with Crippen molar-refractivity contribution in [2.75, 3.05) is 6.61 Å². The van der Waals surface area contributed by atoms with Gasteiger partial charge in [0.25, 0.3) is 8.32 Å². The van der Waals surface area contributed by atoms with Crippen molar-refractivity contribution < 1.29 is 14.6 Å². The molecule has 0 unspecified atom stereocenters. The predicted molar refractivity (Wildman–Crippen MR) is 121 cm³/mol. The smallest absolute Gasteiger partial charge is 0.261 e. The van der Waals surface area contributed by atoms with E-state index in [1.54, 1.807) is 0 Å². The molecule has 2 N–H and O–H groups in total. The molecule has 0 radical (unpaired) electrons. The van der Waals surface area contributed by atoms with Crippen molar-refractivity contribution in [3.05, 3.63) is 96.6 Å². The normalized spacial score (nSPS) is 14.4. The molecule has 3 rings (SSSR count). The van der Waals surface area contributed by atoms with Gasteiger partial charge in [-0.3, -0.25) is 0 Å². The van der Waals surface area contributed by atoms with E-state index in [1.165, 1.54) is 0 Å². The van der Waals surface area contributed by atoms with Gasteiger partial charge in [-0.2, -0.15) is 0 Å². The standard InChI is InChI=1S/C25H30O3Si/c1-25(2,3)29(21-15-9-5-10-16-21,22-17-11-6-12-18-22)28-19-23(26)24(27)20-13-7-4-8-14-20/h4-18,23-24,26-27H,19H2,1-3H3/t23-,24+/m0/s1. The molecule has 3 aromatic carbocycles. The largest absolute Gasteiger partial charge is 0.405 e. The van der Waals surface area contributed by atoms with Gasteiger partial charge in [0.15, 0.2) is 0 Å². The summed E-state index contributed by atoms with van der Waals surface area (Å²) in [5.74, 6) is 0. The van der Waals surface area contributed by atoms with Crippen LogP contribution in [0.3, 0.4) is 0 Å². The summed E-state index contributed by atoms with van der Waals surface area (Å²) < 4.78 is 6.70. The molecule has 0 amide bonds. The quantitative estimate of drug-likeness (QED) is 0.589. The lowest BCUT2D eigenvalue weighted by molar-refractivity contribution is -0.0112. The van der Waals surface area contributed by atoms with E-state index in [0.717, 1.165) is 10.4 Å². The highest BCUT2D eigenvalue weighted by atomic mass is 28.4. The Hall–Kier alpha value is -2.24. The molecule has 0 aliphatic heterocycles.